The number of hydrogen-bond acceptors (Lipinski definition) is 4. The number of pyridine rings is 1. The zero-order chi connectivity index (χ0) is 14.9. The molecule has 0 amide bonds. The maximum atomic E-state index is 13.6. The third-order valence-corrected chi connectivity index (χ3v) is 5.76. The average Bonchev–Trinajstić information content (AvgIpc) is 2.47. The van der Waals surface area contributed by atoms with Crippen molar-refractivity contribution < 1.29 is 12.8 Å². The van der Waals surface area contributed by atoms with E-state index in [1.54, 1.807) is 11.8 Å². The molecule has 1 aromatic heterocycles. The van der Waals surface area contributed by atoms with Crippen molar-refractivity contribution in [1.82, 2.24) is 9.71 Å². The molecule has 3 rings (SSSR count). The highest BCUT2D eigenvalue weighted by Gasteiger charge is 2.28. The van der Waals surface area contributed by atoms with Gasteiger partial charge in [-0.25, -0.2) is 22.5 Å². The number of hydrogen-bond donors (Lipinski definition) is 1. The van der Waals surface area contributed by atoms with E-state index in [-0.39, 0.29) is 6.04 Å². The Hall–Kier alpha value is -1.44. The first-order valence-corrected chi connectivity index (χ1v) is 8.89. The first-order valence-electron chi connectivity index (χ1n) is 6.42. The van der Waals surface area contributed by atoms with Gasteiger partial charge in [0.05, 0.1) is 0 Å². The van der Waals surface area contributed by atoms with E-state index in [4.69, 9.17) is 0 Å². The van der Waals surface area contributed by atoms with Crippen molar-refractivity contribution >= 4 is 21.8 Å². The number of aromatic nitrogens is 1. The van der Waals surface area contributed by atoms with E-state index in [1.165, 1.54) is 12.3 Å². The number of halogens is 1. The maximum absolute atomic E-state index is 13.6. The number of thioether (sulfide) groups is 1. The number of sulfonamides is 1. The lowest BCUT2D eigenvalue weighted by Gasteiger charge is -2.25. The van der Waals surface area contributed by atoms with E-state index in [2.05, 4.69) is 9.71 Å². The molecular weight excluding hydrogens is 311 g/mol. The van der Waals surface area contributed by atoms with E-state index in [0.29, 0.717) is 6.42 Å². The number of rotatable bonds is 3. The molecule has 0 fully saturated rings. The van der Waals surface area contributed by atoms with Gasteiger partial charge in [0, 0.05) is 17.1 Å². The summed E-state index contributed by atoms with van der Waals surface area (Å²) in [6.45, 7) is 0. The monoisotopic (exact) mass is 324 g/mol. The maximum Gasteiger partial charge on any atom is 0.261 e. The van der Waals surface area contributed by atoms with Crippen LogP contribution in [0.2, 0.25) is 0 Å². The van der Waals surface area contributed by atoms with Crippen LogP contribution in [0.25, 0.3) is 0 Å². The number of benzene rings is 1. The van der Waals surface area contributed by atoms with Gasteiger partial charge >= 0.3 is 0 Å². The van der Waals surface area contributed by atoms with E-state index < -0.39 is 20.9 Å². The van der Waals surface area contributed by atoms with Crippen molar-refractivity contribution in [2.45, 2.75) is 22.4 Å². The molecule has 21 heavy (non-hydrogen) atoms. The molecular formula is C14H13FN2O2S2. The van der Waals surface area contributed by atoms with E-state index >= 15 is 0 Å². The lowest BCUT2D eigenvalue weighted by Crippen LogP contribution is -2.31. The minimum atomic E-state index is -3.98. The predicted octanol–water partition coefficient (Wildman–Crippen LogP) is 2.74. The van der Waals surface area contributed by atoms with Gasteiger partial charge in [0.15, 0.2) is 5.82 Å². The first kappa shape index (κ1) is 14.5. The molecule has 1 N–H and O–H groups in total. The van der Waals surface area contributed by atoms with E-state index in [9.17, 15) is 12.8 Å². The number of nitrogens with one attached hydrogen (secondary N) is 1. The average molecular weight is 324 g/mol. The van der Waals surface area contributed by atoms with Gasteiger partial charge in [-0.2, -0.15) is 0 Å². The van der Waals surface area contributed by atoms with Crippen LogP contribution in [0.5, 0.6) is 0 Å². The van der Waals surface area contributed by atoms with Crippen molar-refractivity contribution in [2.75, 3.05) is 5.75 Å². The summed E-state index contributed by atoms with van der Waals surface area (Å²) < 4.78 is 40.8. The second-order valence-corrected chi connectivity index (χ2v) is 7.41. The normalized spacial score (nSPS) is 18.2. The molecule has 2 aromatic rings. The Bertz CT molecular complexity index is 765. The summed E-state index contributed by atoms with van der Waals surface area (Å²) in [6.07, 6.45) is 1.93. The van der Waals surface area contributed by atoms with Crippen LogP contribution < -0.4 is 4.72 Å². The summed E-state index contributed by atoms with van der Waals surface area (Å²) in [5.41, 5.74) is 0.925. The van der Waals surface area contributed by atoms with Crippen LogP contribution in [-0.4, -0.2) is 19.2 Å². The Morgan fingerprint density at radius 2 is 2.05 bits per heavy atom. The molecule has 0 radical (unpaired) electrons. The molecule has 1 aromatic carbocycles. The van der Waals surface area contributed by atoms with Crippen LogP contribution in [0, 0.1) is 5.82 Å². The fourth-order valence-electron chi connectivity index (χ4n) is 2.28. The van der Waals surface area contributed by atoms with Crippen molar-refractivity contribution in [3.63, 3.8) is 0 Å². The quantitative estimate of drug-likeness (QED) is 0.943. The van der Waals surface area contributed by atoms with Crippen LogP contribution in [-0.2, 0) is 10.0 Å². The molecule has 1 aliphatic heterocycles. The van der Waals surface area contributed by atoms with Crippen molar-refractivity contribution in [3.8, 4) is 0 Å². The summed E-state index contributed by atoms with van der Waals surface area (Å²) in [5.74, 6) is -0.0296. The summed E-state index contributed by atoms with van der Waals surface area (Å²) >= 11 is 1.69. The van der Waals surface area contributed by atoms with E-state index in [0.717, 1.165) is 22.3 Å². The van der Waals surface area contributed by atoms with Gasteiger partial charge in [-0.1, -0.05) is 18.2 Å². The third kappa shape index (κ3) is 2.95. The van der Waals surface area contributed by atoms with E-state index in [1.807, 2.05) is 24.3 Å². The molecule has 0 spiro atoms. The fraction of sp³-hybridized carbons (Fsp3) is 0.214. The van der Waals surface area contributed by atoms with Gasteiger partial charge in [-0.15, -0.1) is 11.8 Å². The van der Waals surface area contributed by atoms with Gasteiger partial charge < -0.3 is 0 Å². The van der Waals surface area contributed by atoms with Crippen LogP contribution in [0.15, 0.2) is 52.5 Å². The molecule has 1 atom stereocenters. The Kier molecular flexibility index (Phi) is 3.97. The highest BCUT2D eigenvalue weighted by atomic mass is 32.2. The Labute approximate surface area is 126 Å². The molecule has 2 heterocycles. The van der Waals surface area contributed by atoms with Crippen molar-refractivity contribution in [1.29, 1.82) is 0 Å². The predicted molar refractivity (Wildman–Crippen MR) is 79.0 cm³/mol. The zero-order valence-electron chi connectivity index (χ0n) is 11.0. The summed E-state index contributed by atoms with van der Waals surface area (Å²) in [6, 6.07) is 9.74. The largest absolute Gasteiger partial charge is 0.261 e. The summed E-state index contributed by atoms with van der Waals surface area (Å²) in [7, 11) is -3.98. The van der Waals surface area contributed by atoms with Gasteiger partial charge in [0.1, 0.15) is 0 Å². The van der Waals surface area contributed by atoms with Crippen molar-refractivity contribution in [2.24, 2.45) is 0 Å². The van der Waals surface area contributed by atoms with Crippen LogP contribution in [0.4, 0.5) is 4.39 Å². The molecule has 110 valence electrons. The van der Waals surface area contributed by atoms with Gasteiger partial charge in [-0.3, -0.25) is 0 Å². The molecule has 0 saturated carbocycles. The molecule has 4 nitrogen and oxygen atoms in total. The van der Waals surface area contributed by atoms with Crippen molar-refractivity contribution in [3.05, 3.63) is 54.0 Å². The molecule has 0 saturated heterocycles. The smallest absolute Gasteiger partial charge is 0.241 e. The number of nitrogens with zero attached hydrogens (tertiary/aromatic N) is 1. The standard InChI is InChI=1S/C14H13FN2O2S2/c15-11-5-3-8-16-14(11)21(18,19)17-12-7-9-20-13-6-2-1-4-10(12)13/h1-6,8,12,17H,7,9H2. The first-order chi connectivity index (χ1) is 10.1. The number of fused-ring (bicyclic) bond motifs is 1. The Balaban J connectivity index is 1.93. The summed E-state index contributed by atoms with van der Waals surface area (Å²) in [4.78, 5) is 4.69. The lowest BCUT2D eigenvalue weighted by molar-refractivity contribution is 0.523. The molecule has 0 bridgehead atoms. The molecule has 0 aliphatic carbocycles. The second-order valence-electron chi connectivity index (χ2n) is 4.64. The minimum Gasteiger partial charge on any atom is -0.241 e. The van der Waals surface area contributed by atoms with Crippen LogP contribution in [0.1, 0.15) is 18.0 Å². The van der Waals surface area contributed by atoms with Gasteiger partial charge in [0.25, 0.3) is 10.0 Å². The van der Waals surface area contributed by atoms with Crippen LogP contribution >= 0.6 is 11.8 Å². The molecule has 1 aliphatic rings. The van der Waals surface area contributed by atoms with Gasteiger partial charge in [-0.05, 0) is 35.9 Å². The topological polar surface area (TPSA) is 59.1 Å². The minimum absolute atomic E-state index is 0.353. The molecule has 7 heteroatoms. The fourth-order valence-corrected chi connectivity index (χ4v) is 4.66. The highest BCUT2D eigenvalue weighted by Crippen LogP contribution is 2.36. The van der Waals surface area contributed by atoms with Gasteiger partial charge in [0.2, 0.25) is 5.03 Å². The third-order valence-electron chi connectivity index (χ3n) is 3.24. The second kappa shape index (κ2) is 5.75. The Morgan fingerprint density at radius 3 is 2.86 bits per heavy atom. The molecule has 1 unspecified atom stereocenters. The Morgan fingerprint density at radius 1 is 1.24 bits per heavy atom. The zero-order valence-corrected chi connectivity index (χ0v) is 12.6. The van der Waals surface area contributed by atoms with Crippen LogP contribution in [0.3, 0.4) is 0 Å². The highest BCUT2D eigenvalue weighted by molar-refractivity contribution is 7.99. The summed E-state index contributed by atoms with van der Waals surface area (Å²) in [5, 5.41) is -0.555. The lowest BCUT2D eigenvalue weighted by atomic mass is 10.1. The SMILES string of the molecule is O=S(=O)(NC1CCSc2ccccc21)c1ncccc1F.